The number of aromatic nitrogens is 2. The molecule has 0 aliphatic heterocycles. The maximum atomic E-state index is 12.2. The van der Waals surface area contributed by atoms with Crippen LogP contribution in [0.2, 0.25) is 0 Å². The highest BCUT2D eigenvalue weighted by Crippen LogP contribution is 2.14. The molecule has 1 amide bonds. The first-order valence-corrected chi connectivity index (χ1v) is 6.94. The number of amides is 1. The van der Waals surface area contributed by atoms with Gasteiger partial charge in [-0.2, -0.15) is 0 Å². The summed E-state index contributed by atoms with van der Waals surface area (Å²) in [5.41, 5.74) is 1.94. The van der Waals surface area contributed by atoms with Gasteiger partial charge in [0, 0.05) is 30.9 Å². The Bertz CT molecular complexity index is 735. The van der Waals surface area contributed by atoms with Crippen molar-refractivity contribution in [3.8, 4) is 0 Å². The van der Waals surface area contributed by atoms with E-state index < -0.39 is 15.9 Å². The second-order valence-corrected chi connectivity index (χ2v) is 5.62. The van der Waals surface area contributed by atoms with E-state index in [9.17, 15) is 13.2 Å². The molecule has 0 aliphatic rings. The summed E-state index contributed by atoms with van der Waals surface area (Å²) in [4.78, 5) is 14.7. The topological polar surface area (TPSA) is 101 Å². The van der Waals surface area contributed by atoms with Crippen LogP contribution in [0, 0.1) is 0 Å². The van der Waals surface area contributed by atoms with E-state index in [0.717, 1.165) is 10.0 Å². The van der Waals surface area contributed by atoms with Crippen molar-refractivity contribution in [1.29, 1.82) is 0 Å². The van der Waals surface area contributed by atoms with Crippen molar-refractivity contribution in [2.75, 3.05) is 0 Å². The zero-order valence-electron chi connectivity index (χ0n) is 10.2. The summed E-state index contributed by atoms with van der Waals surface area (Å²) in [6.07, 6.45) is 7.90. The SMILES string of the molecule is O=C(/C=C/c1ccn(S(=O)(=O)c2cccnc2)c1)NO. The average Bonchev–Trinajstić information content (AvgIpc) is 2.95. The van der Waals surface area contributed by atoms with E-state index in [2.05, 4.69) is 4.98 Å². The normalized spacial score (nSPS) is 11.7. The van der Waals surface area contributed by atoms with E-state index in [4.69, 9.17) is 5.21 Å². The van der Waals surface area contributed by atoms with Crippen LogP contribution in [0.25, 0.3) is 6.08 Å². The Kier molecular flexibility index (Phi) is 3.97. The minimum Gasteiger partial charge on any atom is -0.288 e. The van der Waals surface area contributed by atoms with Gasteiger partial charge in [0.1, 0.15) is 4.90 Å². The molecule has 0 saturated carbocycles. The Morgan fingerprint density at radius 2 is 2.20 bits per heavy atom. The van der Waals surface area contributed by atoms with E-state index >= 15 is 0 Å². The second-order valence-electron chi connectivity index (χ2n) is 3.78. The number of hydroxylamine groups is 1. The van der Waals surface area contributed by atoms with Gasteiger partial charge >= 0.3 is 0 Å². The van der Waals surface area contributed by atoms with Gasteiger partial charge in [0.25, 0.3) is 15.9 Å². The summed E-state index contributed by atoms with van der Waals surface area (Å²) in [5.74, 6) is -0.701. The van der Waals surface area contributed by atoms with Gasteiger partial charge < -0.3 is 0 Å². The third-order valence-corrected chi connectivity index (χ3v) is 4.06. The Morgan fingerprint density at radius 3 is 2.85 bits per heavy atom. The van der Waals surface area contributed by atoms with Crippen LogP contribution < -0.4 is 5.48 Å². The molecule has 0 atom stereocenters. The zero-order valence-corrected chi connectivity index (χ0v) is 11.0. The van der Waals surface area contributed by atoms with E-state index in [1.54, 1.807) is 0 Å². The average molecular weight is 293 g/mol. The van der Waals surface area contributed by atoms with Gasteiger partial charge in [0.2, 0.25) is 0 Å². The fraction of sp³-hybridized carbons (Fsp3) is 0. The monoisotopic (exact) mass is 293 g/mol. The van der Waals surface area contributed by atoms with Gasteiger partial charge in [-0.15, -0.1) is 0 Å². The Balaban J connectivity index is 2.29. The maximum Gasteiger partial charge on any atom is 0.269 e. The highest BCUT2D eigenvalue weighted by molar-refractivity contribution is 7.90. The highest BCUT2D eigenvalue weighted by atomic mass is 32.2. The van der Waals surface area contributed by atoms with Crippen molar-refractivity contribution in [3.63, 3.8) is 0 Å². The molecule has 104 valence electrons. The van der Waals surface area contributed by atoms with E-state index in [1.165, 1.54) is 54.5 Å². The van der Waals surface area contributed by atoms with Crippen molar-refractivity contribution < 1.29 is 18.4 Å². The van der Waals surface area contributed by atoms with Gasteiger partial charge in [-0.05, 0) is 29.8 Å². The number of rotatable bonds is 4. The lowest BCUT2D eigenvalue weighted by molar-refractivity contribution is -0.124. The van der Waals surface area contributed by atoms with Crippen molar-refractivity contribution in [3.05, 3.63) is 54.6 Å². The molecule has 2 N–H and O–H groups in total. The molecule has 8 heteroatoms. The lowest BCUT2D eigenvalue weighted by Crippen LogP contribution is -2.14. The van der Waals surface area contributed by atoms with Gasteiger partial charge in [-0.3, -0.25) is 15.0 Å². The van der Waals surface area contributed by atoms with Gasteiger partial charge in [0.05, 0.1) is 0 Å². The third kappa shape index (κ3) is 2.92. The molecule has 0 fully saturated rings. The number of pyridine rings is 1. The number of nitrogens with one attached hydrogen (secondary N) is 1. The molecule has 7 nitrogen and oxygen atoms in total. The number of carbonyl (C=O) groups is 1. The summed E-state index contributed by atoms with van der Waals surface area (Å²) in [7, 11) is -3.69. The fourth-order valence-electron chi connectivity index (χ4n) is 1.47. The molecule has 0 bridgehead atoms. The Labute approximate surface area is 115 Å². The van der Waals surface area contributed by atoms with E-state index in [1.807, 2.05) is 0 Å². The molecule has 0 aliphatic carbocycles. The van der Waals surface area contributed by atoms with Crippen LogP contribution in [0.3, 0.4) is 0 Å². The summed E-state index contributed by atoms with van der Waals surface area (Å²) in [5, 5.41) is 8.34. The second kappa shape index (κ2) is 5.68. The first kappa shape index (κ1) is 14.0. The molecular formula is C12H11N3O4S. The van der Waals surface area contributed by atoms with Crippen LogP contribution in [0.5, 0.6) is 0 Å². The van der Waals surface area contributed by atoms with E-state index in [-0.39, 0.29) is 4.90 Å². The zero-order chi connectivity index (χ0) is 14.6. The van der Waals surface area contributed by atoms with Crippen molar-refractivity contribution in [2.24, 2.45) is 0 Å². The van der Waals surface area contributed by atoms with Crippen LogP contribution >= 0.6 is 0 Å². The van der Waals surface area contributed by atoms with Gasteiger partial charge in [-0.1, -0.05) is 0 Å². The fourth-order valence-corrected chi connectivity index (χ4v) is 2.64. The van der Waals surface area contributed by atoms with Gasteiger partial charge in [-0.25, -0.2) is 17.9 Å². The Hall–Kier alpha value is -2.45. The maximum absolute atomic E-state index is 12.2. The van der Waals surface area contributed by atoms with Crippen LogP contribution in [0.15, 0.2) is 54.0 Å². The van der Waals surface area contributed by atoms with Crippen LogP contribution in [-0.4, -0.2) is 28.5 Å². The first-order chi connectivity index (χ1) is 9.54. The standard InChI is InChI=1S/C12H11N3O4S/c16-12(14-17)4-3-10-5-7-15(9-10)20(18,19)11-2-1-6-13-8-11/h1-9,17H,(H,14,16)/b4-3+. The highest BCUT2D eigenvalue weighted by Gasteiger charge is 2.16. The molecule has 0 radical (unpaired) electrons. The summed E-state index contributed by atoms with van der Waals surface area (Å²) in [6, 6.07) is 4.49. The lowest BCUT2D eigenvalue weighted by atomic mass is 10.3. The largest absolute Gasteiger partial charge is 0.288 e. The molecule has 2 aromatic heterocycles. The van der Waals surface area contributed by atoms with Crippen LogP contribution in [0.1, 0.15) is 5.56 Å². The number of carbonyl (C=O) groups excluding carboxylic acids is 1. The van der Waals surface area contributed by atoms with Gasteiger partial charge in [0.15, 0.2) is 0 Å². The van der Waals surface area contributed by atoms with Crippen LogP contribution in [-0.2, 0) is 14.8 Å². The predicted octanol–water partition coefficient (Wildman–Crippen LogP) is 0.639. The third-order valence-electron chi connectivity index (χ3n) is 2.44. The smallest absolute Gasteiger partial charge is 0.269 e. The molecular weight excluding hydrogens is 282 g/mol. The summed E-state index contributed by atoms with van der Waals surface area (Å²) in [6.45, 7) is 0. The number of hydrogen-bond donors (Lipinski definition) is 2. The Morgan fingerprint density at radius 1 is 1.40 bits per heavy atom. The molecule has 20 heavy (non-hydrogen) atoms. The molecule has 2 heterocycles. The quantitative estimate of drug-likeness (QED) is 0.489. The molecule has 2 aromatic rings. The van der Waals surface area contributed by atoms with Crippen molar-refractivity contribution >= 4 is 22.0 Å². The molecule has 0 saturated heterocycles. The molecule has 0 spiro atoms. The van der Waals surface area contributed by atoms with E-state index in [0.29, 0.717) is 5.56 Å². The number of nitrogens with zero attached hydrogens (tertiary/aromatic N) is 2. The summed E-state index contributed by atoms with van der Waals surface area (Å²) >= 11 is 0. The first-order valence-electron chi connectivity index (χ1n) is 5.50. The molecule has 2 rings (SSSR count). The predicted molar refractivity (Wildman–Crippen MR) is 70.2 cm³/mol. The van der Waals surface area contributed by atoms with Crippen molar-refractivity contribution in [2.45, 2.75) is 4.90 Å². The molecule has 0 aromatic carbocycles. The van der Waals surface area contributed by atoms with Crippen LogP contribution in [0.4, 0.5) is 0 Å². The molecule has 0 unspecified atom stereocenters. The minimum atomic E-state index is -3.69. The lowest BCUT2D eigenvalue weighted by Gasteiger charge is -2.04. The summed E-state index contributed by atoms with van der Waals surface area (Å²) < 4.78 is 25.5. The number of hydrogen-bond acceptors (Lipinski definition) is 5. The minimum absolute atomic E-state index is 0.0687. The van der Waals surface area contributed by atoms with Crippen molar-refractivity contribution in [1.82, 2.24) is 14.4 Å².